The zero-order chi connectivity index (χ0) is 51.0. The van der Waals surface area contributed by atoms with E-state index in [1.54, 1.807) is 39.0 Å². The van der Waals surface area contributed by atoms with Gasteiger partial charge in [-0.3, -0.25) is 15.8 Å². The summed E-state index contributed by atoms with van der Waals surface area (Å²) in [5, 5.41) is 24.2. The molecular formula is C56H96O8. The lowest BCUT2D eigenvalue weighted by atomic mass is 10.3. The second-order valence-corrected chi connectivity index (χ2v) is 12.0. The molecule has 8 nitrogen and oxygen atoms in total. The van der Waals surface area contributed by atoms with Crippen molar-refractivity contribution in [2.75, 3.05) is 0 Å². The molecule has 0 spiro atoms. The van der Waals surface area contributed by atoms with Crippen molar-refractivity contribution >= 4 is 0 Å². The first-order valence-electron chi connectivity index (χ1n) is 22.2. The quantitative estimate of drug-likeness (QED) is 0.0507. The van der Waals surface area contributed by atoms with Gasteiger partial charge in [-0.15, -0.1) is 0 Å². The lowest BCUT2D eigenvalue weighted by Crippen LogP contribution is -1.98. The topological polar surface area (TPSA) is 123 Å². The van der Waals surface area contributed by atoms with Crippen molar-refractivity contribution in [3.05, 3.63) is 204 Å². The molecule has 3 atom stereocenters. The van der Waals surface area contributed by atoms with E-state index in [-0.39, 0.29) is 18.3 Å². The molecular weight excluding hydrogens is 801 g/mol. The van der Waals surface area contributed by atoms with Crippen molar-refractivity contribution in [3.63, 3.8) is 0 Å². The van der Waals surface area contributed by atoms with E-state index < -0.39 is 0 Å². The Bertz CT molecular complexity index is 1110. The first-order chi connectivity index (χ1) is 31.0. The highest BCUT2D eigenvalue weighted by Crippen LogP contribution is 1.91. The molecule has 0 saturated carbocycles. The Morgan fingerprint density at radius 2 is 0.500 bits per heavy atom. The van der Waals surface area contributed by atoms with Crippen LogP contribution in [0, 0.1) is 9.93 Å². The highest BCUT2D eigenvalue weighted by Gasteiger charge is 1.90. The summed E-state index contributed by atoms with van der Waals surface area (Å²) in [7, 11) is 0. The van der Waals surface area contributed by atoms with Crippen LogP contribution in [0.1, 0.15) is 143 Å². The van der Waals surface area contributed by atoms with Crippen molar-refractivity contribution in [1.82, 2.24) is 0 Å². The van der Waals surface area contributed by atoms with Crippen molar-refractivity contribution in [2.24, 2.45) is 0 Å². The van der Waals surface area contributed by atoms with E-state index in [0.717, 1.165) is 32.1 Å². The standard InChI is InChI=1S/3C7H12O2.5C7H12.O2/c3*1-3-4-5-6-7(2)9-8;5*1-3-5-7-6-4-2;1-2/h3*3-8H,1-2H3;3*3,5-7H,4H2,1-2H3;2*3-6H,7H2,1-2H3;/b3*4-3+,6-5+;;;;2*5-3+,6-4+;. The smallest absolute Gasteiger partial charge is 0.108 e. The summed E-state index contributed by atoms with van der Waals surface area (Å²) in [5.41, 5.74) is 0. The van der Waals surface area contributed by atoms with E-state index >= 15 is 0 Å². The SMILES string of the molecule is C/C=C/C/C=C/C.C/C=C/C/C=C/C.C/C=C/C=C/C(C)OO.C/C=C/C=C/C(C)OO.C/C=C/C=C/C(C)OO.CC=CC=CCC.CC=CC=CCC.CC=CC=CCC.O=O. The minimum absolute atomic E-state index is 0.221. The number of rotatable bonds is 19. The third-order valence-corrected chi connectivity index (χ3v) is 6.07. The number of hydrogen-bond donors (Lipinski definition) is 3. The second kappa shape index (κ2) is 97.5. The van der Waals surface area contributed by atoms with Crippen LogP contribution < -0.4 is 0 Å². The highest BCUT2D eigenvalue weighted by atomic mass is 17.1. The van der Waals surface area contributed by atoms with E-state index in [0.29, 0.717) is 0 Å². The molecule has 0 heterocycles. The fraction of sp³-hybridized carbons (Fsp3) is 0.429. The predicted molar refractivity (Wildman–Crippen MR) is 289 cm³/mol. The molecule has 64 heavy (non-hydrogen) atoms. The largest absolute Gasteiger partial charge is 0.251 e. The third kappa shape index (κ3) is 138. The average Bonchev–Trinajstić information content (AvgIpc) is 3.32. The summed E-state index contributed by atoms with van der Waals surface area (Å²) >= 11 is 0. The molecule has 0 fully saturated rings. The number of hydrogen-bond acceptors (Lipinski definition) is 8. The van der Waals surface area contributed by atoms with Gasteiger partial charge in [0.15, 0.2) is 0 Å². The van der Waals surface area contributed by atoms with Crippen LogP contribution in [0.5, 0.6) is 0 Å². The number of allylic oxidation sites excluding steroid dienone is 29. The summed E-state index contributed by atoms with van der Waals surface area (Å²) in [6.07, 6.45) is 68.3. The Balaban J connectivity index is -0.0000000769. The predicted octanol–water partition coefficient (Wildman–Crippen LogP) is 18.7. The molecule has 0 saturated heterocycles. The van der Waals surface area contributed by atoms with Crippen LogP contribution in [0.25, 0.3) is 0 Å². The molecule has 0 aromatic carbocycles. The molecule has 8 heteroatoms. The molecule has 0 radical (unpaired) electrons. The van der Waals surface area contributed by atoms with Crippen LogP contribution in [0.2, 0.25) is 0 Å². The van der Waals surface area contributed by atoms with Gasteiger partial charge in [-0.05, 0) is 122 Å². The van der Waals surface area contributed by atoms with E-state index in [9.17, 15) is 0 Å². The molecule has 3 unspecified atom stereocenters. The molecule has 3 N–H and O–H groups in total. The molecule has 0 aromatic heterocycles. The summed E-state index contributed by atoms with van der Waals surface area (Å²) in [4.78, 5) is 25.9. The van der Waals surface area contributed by atoms with Gasteiger partial charge in [-0.1, -0.05) is 215 Å². The Kier molecular flexibility index (Phi) is 121. The Morgan fingerprint density at radius 1 is 0.312 bits per heavy atom. The minimum atomic E-state index is -0.221. The van der Waals surface area contributed by atoms with Gasteiger partial charge in [0.2, 0.25) is 0 Å². The van der Waals surface area contributed by atoms with E-state index in [1.165, 1.54) is 0 Å². The van der Waals surface area contributed by atoms with E-state index in [2.05, 4.69) is 120 Å². The van der Waals surface area contributed by atoms with Gasteiger partial charge in [-0.2, -0.15) is 0 Å². The summed E-state index contributed by atoms with van der Waals surface area (Å²) in [5.74, 6) is 0. The van der Waals surface area contributed by atoms with Gasteiger partial charge in [0.25, 0.3) is 0 Å². The molecule has 0 aliphatic rings. The van der Waals surface area contributed by atoms with Crippen LogP contribution in [-0.4, -0.2) is 34.1 Å². The van der Waals surface area contributed by atoms with E-state index in [4.69, 9.17) is 25.7 Å². The molecule has 0 amide bonds. The lowest BCUT2D eigenvalue weighted by molar-refractivity contribution is -0.261. The fourth-order valence-corrected chi connectivity index (χ4v) is 2.78. The Labute approximate surface area is 394 Å². The van der Waals surface area contributed by atoms with Gasteiger partial charge >= 0.3 is 0 Å². The van der Waals surface area contributed by atoms with Crippen LogP contribution in [0.3, 0.4) is 0 Å². The van der Waals surface area contributed by atoms with Crippen LogP contribution in [-0.2, 0) is 14.7 Å². The van der Waals surface area contributed by atoms with Gasteiger partial charge in [0.05, 0.1) is 0 Å². The fourth-order valence-electron chi connectivity index (χ4n) is 2.78. The summed E-state index contributed by atoms with van der Waals surface area (Å²) in [6, 6.07) is 0. The maximum Gasteiger partial charge on any atom is 0.108 e. The minimum Gasteiger partial charge on any atom is -0.251 e. The molecule has 0 aliphatic carbocycles. The molecule has 368 valence electrons. The maximum atomic E-state index is 8.06. The van der Waals surface area contributed by atoms with Crippen LogP contribution in [0.15, 0.2) is 194 Å². The van der Waals surface area contributed by atoms with Gasteiger partial charge < -0.3 is 0 Å². The maximum absolute atomic E-state index is 8.06. The average molecular weight is 897 g/mol. The Hall–Kier alpha value is -4.80. The van der Waals surface area contributed by atoms with Crippen molar-refractivity contribution in [3.8, 4) is 0 Å². The first kappa shape index (κ1) is 79.6. The van der Waals surface area contributed by atoms with Gasteiger partial charge in [0.1, 0.15) is 18.3 Å². The molecule has 0 aliphatic heterocycles. The summed E-state index contributed by atoms with van der Waals surface area (Å²) < 4.78 is 0. The van der Waals surface area contributed by atoms with Gasteiger partial charge in [0, 0.05) is 9.93 Å². The van der Waals surface area contributed by atoms with E-state index in [1.807, 2.05) is 160 Å². The molecule has 0 bridgehead atoms. The lowest BCUT2D eigenvalue weighted by Gasteiger charge is -1.96. The highest BCUT2D eigenvalue weighted by molar-refractivity contribution is 5.05. The van der Waals surface area contributed by atoms with Crippen LogP contribution >= 0.6 is 0 Å². The van der Waals surface area contributed by atoms with Gasteiger partial charge in [-0.25, -0.2) is 14.7 Å². The summed E-state index contributed by atoms with van der Waals surface area (Å²) in [6.45, 7) is 31.6. The zero-order valence-electron chi connectivity index (χ0n) is 43.1. The second-order valence-electron chi connectivity index (χ2n) is 12.0. The van der Waals surface area contributed by atoms with Crippen molar-refractivity contribution < 1.29 is 30.4 Å². The third-order valence-electron chi connectivity index (χ3n) is 6.07. The monoisotopic (exact) mass is 897 g/mol. The van der Waals surface area contributed by atoms with Crippen molar-refractivity contribution in [2.45, 2.75) is 161 Å². The van der Waals surface area contributed by atoms with Crippen LogP contribution in [0.4, 0.5) is 0 Å². The zero-order valence-corrected chi connectivity index (χ0v) is 43.1. The Morgan fingerprint density at radius 3 is 0.641 bits per heavy atom. The van der Waals surface area contributed by atoms with Crippen molar-refractivity contribution in [1.29, 1.82) is 0 Å². The first-order valence-corrected chi connectivity index (χ1v) is 22.2. The molecule has 0 rings (SSSR count). The molecule has 0 aromatic rings. The normalized spacial score (nSPS) is 13.0.